The molecule has 0 spiro atoms. The van der Waals surface area contributed by atoms with E-state index in [1.807, 2.05) is 11.7 Å². The molecule has 0 saturated heterocycles. The van der Waals surface area contributed by atoms with Gasteiger partial charge in [0.2, 0.25) is 0 Å². The van der Waals surface area contributed by atoms with E-state index < -0.39 is 0 Å². The van der Waals surface area contributed by atoms with Gasteiger partial charge in [0.15, 0.2) is 0 Å². The third kappa shape index (κ3) is 3.73. The van der Waals surface area contributed by atoms with Gasteiger partial charge in [-0.05, 0) is 44.4 Å². The topological polar surface area (TPSA) is 29.9 Å². The number of likely N-dealkylation sites (N-methyl/N-ethyl adjacent to an activating group) is 1. The minimum atomic E-state index is 0.333. The van der Waals surface area contributed by atoms with Crippen molar-refractivity contribution in [2.75, 3.05) is 6.54 Å². The zero-order chi connectivity index (χ0) is 15.4. The number of nitrogens with one attached hydrogen (secondary N) is 1. The van der Waals surface area contributed by atoms with Crippen LogP contribution in [0.25, 0.3) is 0 Å². The first-order valence-corrected chi connectivity index (χ1v) is 7.87. The second-order valence-corrected chi connectivity index (χ2v) is 5.80. The Balaban J connectivity index is 2.32. The number of aromatic nitrogens is 2. The van der Waals surface area contributed by atoms with Crippen LogP contribution in [0.3, 0.4) is 0 Å². The number of hydrogen-bond donors (Lipinski definition) is 1. The van der Waals surface area contributed by atoms with Gasteiger partial charge in [0.05, 0.1) is 5.69 Å². The van der Waals surface area contributed by atoms with Crippen molar-refractivity contribution in [1.29, 1.82) is 0 Å². The number of hydrogen-bond acceptors (Lipinski definition) is 2. The molecule has 1 N–H and O–H groups in total. The first-order valence-electron chi connectivity index (χ1n) is 7.87. The molecule has 1 atom stereocenters. The molecule has 2 aromatic rings. The highest BCUT2D eigenvalue weighted by atomic mass is 15.3. The highest BCUT2D eigenvalue weighted by Crippen LogP contribution is 2.24. The molecule has 0 bridgehead atoms. The molecule has 3 heteroatoms. The Morgan fingerprint density at radius 2 is 2.00 bits per heavy atom. The molecule has 21 heavy (non-hydrogen) atoms. The fourth-order valence-corrected chi connectivity index (χ4v) is 2.90. The zero-order valence-corrected chi connectivity index (χ0v) is 13.9. The van der Waals surface area contributed by atoms with E-state index in [9.17, 15) is 0 Å². The van der Waals surface area contributed by atoms with E-state index in [2.05, 4.69) is 62.5 Å². The molecule has 0 aliphatic rings. The van der Waals surface area contributed by atoms with E-state index in [-0.39, 0.29) is 0 Å². The maximum Gasteiger partial charge on any atom is 0.0669 e. The van der Waals surface area contributed by atoms with Crippen molar-refractivity contribution in [1.82, 2.24) is 15.1 Å². The van der Waals surface area contributed by atoms with Gasteiger partial charge >= 0.3 is 0 Å². The van der Waals surface area contributed by atoms with Crippen molar-refractivity contribution < 1.29 is 0 Å². The van der Waals surface area contributed by atoms with E-state index in [1.165, 1.54) is 27.9 Å². The van der Waals surface area contributed by atoms with E-state index in [4.69, 9.17) is 0 Å². The Bertz CT molecular complexity index is 599. The molecule has 0 amide bonds. The molecule has 0 fully saturated rings. The zero-order valence-electron chi connectivity index (χ0n) is 13.9. The van der Waals surface area contributed by atoms with Gasteiger partial charge < -0.3 is 5.32 Å². The Morgan fingerprint density at radius 3 is 2.67 bits per heavy atom. The molecule has 0 radical (unpaired) electrons. The van der Waals surface area contributed by atoms with Crippen LogP contribution in [0.5, 0.6) is 0 Å². The third-order valence-electron chi connectivity index (χ3n) is 4.03. The fraction of sp³-hybridized carbons (Fsp3) is 0.500. The predicted molar refractivity (Wildman–Crippen MR) is 88.6 cm³/mol. The standard InChI is InChI=1S/C18H27N3/c1-6-17-16(12-21(5)20-17)18(19-7-2)11-15-10-13(3)8-9-14(15)4/h8-10,12,18-19H,6-7,11H2,1-5H3. The molecular weight excluding hydrogens is 258 g/mol. The van der Waals surface area contributed by atoms with Crippen molar-refractivity contribution in [3.05, 3.63) is 52.3 Å². The SMILES string of the molecule is CCNC(Cc1cc(C)ccc1C)c1cn(C)nc1CC. The van der Waals surface area contributed by atoms with Crippen molar-refractivity contribution in [3.8, 4) is 0 Å². The van der Waals surface area contributed by atoms with Gasteiger partial charge in [-0.1, -0.05) is 37.6 Å². The highest BCUT2D eigenvalue weighted by molar-refractivity contribution is 5.33. The first kappa shape index (κ1) is 15.8. The molecule has 1 unspecified atom stereocenters. The van der Waals surface area contributed by atoms with E-state index >= 15 is 0 Å². The van der Waals surface area contributed by atoms with Gasteiger partial charge in [-0.2, -0.15) is 5.10 Å². The largest absolute Gasteiger partial charge is 0.310 e. The van der Waals surface area contributed by atoms with Crippen molar-refractivity contribution in [2.24, 2.45) is 7.05 Å². The summed E-state index contributed by atoms with van der Waals surface area (Å²) in [6.07, 6.45) is 4.15. The fourth-order valence-electron chi connectivity index (χ4n) is 2.90. The monoisotopic (exact) mass is 285 g/mol. The Labute approximate surface area is 128 Å². The molecule has 0 aliphatic carbocycles. The summed E-state index contributed by atoms with van der Waals surface area (Å²) in [7, 11) is 2.00. The summed E-state index contributed by atoms with van der Waals surface area (Å²) in [5, 5.41) is 8.22. The Kier molecular flexibility index (Phi) is 5.18. The maximum absolute atomic E-state index is 4.59. The van der Waals surface area contributed by atoms with Crippen LogP contribution >= 0.6 is 0 Å². The average molecular weight is 285 g/mol. The quantitative estimate of drug-likeness (QED) is 0.880. The van der Waals surface area contributed by atoms with Gasteiger partial charge in [0.25, 0.3) is 0 Å². The van der Waals surface area contributed by atoms with Crippen LogP contribution in [-0.4, -0.2) is 16.3 Å². The molecular formula is C18H27N3. The average Bonchev–Trinajstić information content (AvgIpc) is 2.83. The lowest BCUT2D eigenvalue weighted by Crippen LogP contribution is -2.24. The summed E-state index contributed by atoms with van der Waals surface area (Å²) in [6.45, 7) is 9.66. The van der Waals surface area contributed by atoms with E-state index in [1.54, 1.807) is 0 Å². The summed E-state index contributed by atoms with van der Waals surface area (Å²) in [4.78, 5) is 0. The predicted octanol–water partition coefficient (Wildman–Crippen LogP) is 3.49. The van der Waals surface area contributed by atoms with Gasteiger partial charge in [-0.15, -0.1) is 0 Å². The summed E-state index contributed by atoms with van der Waals surface area (Å²) in [6, 6.07) is 7.04. The summed E-state index contributed by atoms with van der Waals surface area (Å²) < 4.78 is 1.93. The summed E-state index contributed by atoms with van der Waals surface area (Å²) >= 11 is 0. The van der Waals surface area contributed by atoms with Gasteiger partial charge in [0.1, 0.15) is 0 Å². The van der Waals surface area contributed by atoms with Crippen LogP contribution < -0.4 is 5.32 Å². The lowest BCUT2D eigenvalue weighted by atomic mass is 9.94. The minimum absolute atomic E-state index is 0.333. The number of benzene rings is 1. The van der Waals surface area contributed by atoms with Gasteiger partial charge in [-0.25, -0.2) is 0 Å². The van der Waals surface area contributed by atoms with Crippen LogP contribution in [-0.2, 0) is 19.9 Å². The first-order chi connectivity index (χ1) is 10.0. The van der Waals surface area contributed by atoms with Crippen molar-refractivity contribution in [2.45, 2.75) is 46.6 Å². The lowest BCUT2D eigenvalue weighted by Gasteiger charge is -2.19. The Hall–Kier alpha value is -1.61. The number of nitrogens with zero attached hydrogens (tertiary/aromatic N) is 2. The minimum Gasteiger partial charge on any atom is -0.310 e. The van der Waals surface area contributed by atoms with Crippen LogP contribution in [0, 0.1) is 13.8 Å². The molecule has 0 saturated carbocycles. The maximum atomic E-state index is 4.59. The molecule has 3 nitrogen and oxygen atoms in total. The second kappa shape index (κ2) is 6.90. The van der Waals surface area contributed by atoms with E-state index in [0.717, 1.165) is 19.4 Å². The molecule has 1 aromatic carbocycles. The second-order valence-electron chi connectivity index (χ2n) is 5.80. The van der Waals surface area contributed by atoms with Crippen LogP contribution in [0.2, 0.25) is 0 Å². The third-order valence-corrected chi connectivity index (χ3v) is 4.03. The number of rotatable bonds is 6. The molecule has 1 heterocycles. The lowest BCUT2D eigenvalue weighted by molar-refractivity contribution is 0.544. The van der Waals surface area contributed by atoms with Crippen LogP contribution in [0.1, 0.15) is 47.8 Å². The molecule has 2 rings (SSSR count). The van der Waals surface area contributed by atoms with Gasteiger partial charge in [0, 0.05) is 24.8 Å². The number of aryl methyl sites for hydroxylation is 4. The molecule has 0 aliphatic heterocycles. The Morgan fingerprint density at radius 1 is 1.24 bits per heavy atom. The van der Waals surface area contributed by atoms with Crippen LogP contribution in [0.4, 0.5) is 0 Å². The normalized spacial score (nSPS) is 12.6. The summed E-state index contributed by atoms with van der Waals surface area (Å²) in [5.41, 5.74) is 6.65. The van der Waals surface area contributed by atoms with Crippen molar-refractivity contribution in [3.63, 3.8) is 0 Å². The highest BCUT2D eigenvalue weighted by Gasteiger charge is 2.18. The summed E-state index contributed by atoms with van der Waals surface area (Å²) in [5.74, 6) is 0. The van der Waals surface area contributed by atoms with Gasteiger partial charge in [-0.3, -0.25) is 4.68 Å². The molecule has 1 aromatic heterocycles. The molecule has 114 valence electrons. The van der Waals surface area contributed by atoms with Crippen molar-refractivity contribution >= 4 is 0 Å². The van der Waals surface area contributed by atoms with E-state index in [0.29, 0.717) is 6.04 Å². The smallest absolute Gasteiger partial charge is 0.0669 e. The van der Waals surface area contributed by atoms with Crippen LogP contribution in [0.15, 0.2) is 24.4 Å².